The van der Waals surface area contributed by atoms with E-state index in [1.165, 1.54) is 31.0 Å². The summed E-state index contributed by atoms with van der Waals surface area (Å²) in [6, 6.07) is 10.7. The van der Waals surface area contributed by atoms with E-state index in [0.29, 0.717) is 11.3 Å². The second-order valence-electron chi connectivity index (χ2n) is 10.1. The van der Waals surface area contributed by atoms with Crippen molar-refractivity contribution in [1.29, 1.82) is 0 Å². The topological polar surface area (TPSA) is 100 Å². The molecule has 3 N–H and O–H groups in total. The van der Waals surface area contributed by atoms with Gasteiger partial charge in [-0.05, 0) is 80.5 Å². The minimum absolute atomic E-state index is 0.00765. The normalized spacial score (nSPS) is 26.8. The van der Waals surface area contributed by atoms with E-state index in [1.807, 2.05) is 12.1 Å². The Kier molecular flexibility index (Phi) is 6.68. The molecule has 0 unspecified atom stereocenters. The first-order valence-electron chi connectivity index (χ1n) is 12.1. The molecule has 34 heavy (non-hydrogen) atoms. The van der Waals surface area contributed by atoms with Gasteiger partial charge in [0.1, 0.15) is 5.76 Å². The highest BCUT2D eigenvalue weighted by Gasteiger charge is 2.51. The van der Waals surface area contributed by atoms with Crippen molar-refractivity contribution < 1.29 is 18.8 Å². The molecule has 3 amide bonds. The lowest BCUT2D eigenvalue weighted by Crippen LogP contribution is -2.60. The van der Waals surface area contributed by atoms with Crippen molar-refractivity contribution in [3.8, 4) is 0 Å². The number of carbonyl (C=O) groups excluding carboxylic acids is 3. The third-order valence-electron chi connectivity index (χ3n) is 7.38. The summed E-state index contributed by atoms with van der Waals surface area (Å²) in [5.74, 6) is 2.66. The predicted octanol–water partition coefficient (Wildman–Crippen LogP) is 3.50. The van der Waals surface area contributed by atoms with Crippen molar-refractivity contribution in [3.05, 3.63) is 54.0 Å². The Morgan fingerprint density at radius 2 is 1.62 bits per heavy atom. The van der Waals surface area contributed by atoms with Gasteiger partial charge in [0.05, 0.1) is 30.7 Å². The van der Waals surface area contributed by atoms with Crippen LogP contribution in [0.2, 0.25) is 0 Å². The summed E-state index contributed by atoms with van der Waals surface area (Å²) >= 11 is 1.37. The molecule has 4 aliphatic rings. The Hall–Kier alpha value is -2.74. The SMILES string of the molecule is O=C(CNC(=O)c1ccccc1SCC(=O)NC12CC3CC(CC(C3)C1)C2)NCc1ccco1. The molecule has 4 saturated carbocycles. The molecular weight excluding hydrogens is 450 g/mol. The van der Waals surface area contributed by atoms with E-state index >= 15 is 0 Å². The second-order valence-corrected chi connectivity index (χ2v) is 11.1. The van der Waals surface area contributed by atoms with Crippen LogP contribution in [0.15, 0.2) is 52.0 Å². The van der Waals surface area contributed by atoms with Crippen LogP contribution in [0.5, 0.6) is 0 Å². The van der Waals surface area contributed by atoms with Gasteiger partial charge in [-0.15, -0.1) is 11.8 Å². The lowest BCUT2D eigenvalue weighted by Gasteiger charge is -2.56. The van der Waals surface area contributed by atoms with Gasteiger partial charge < -0.3 is 20.4 Å². The number of hydrogen-bond donors (Lipinski definition) is 3. The fourth-order valence-electron chi connectivity index (χ4n) is 6.44. The van der Waals surface area contributed by atoms with Crippen molar-refractivity contribution in [2.24, 2.45) is 17.8 Å². The van der Waals surface area contributed by atoms with E-state index in [-0.39, 0.29) is 42.1 Å². The monoisotopic (exact) mass is 481 g/mol. The second kappa shape index (κ2) is 9.86. The molecule has 0 radical (unpaired) electrons. The van der Waals surface area contributed by atoms with Crippen LogP contribution >= 0.6 is 11.8 Å². The van der Waals surface area contributed by atoms with E-state index in [1.54, 1.807) is 30.5 Å². The maximum atomic E-state index is 12.9. The molecule has 0 aliphatic heterocycles. The summed E-state index contributed by atoms with van der Waals surface area (Å²) in [4.78, 5) is 38.4. The minimum atomic E-state index is -0.335. The van der Waals surface area contributed by atoms with Crippen LogP contribution in [-0.4, -0.2) is 35.6 Å². The van der Waals surface area contributed by atoms with Gasteiger partial charge in [-0.2, -0.15) is 0 Å². The Bertz CT molecular complexity index is 1020. The largest absolute Gasteiger partial charge is 0.467 e. The number of amides is 3. The van der Waals surface area contributed by atoms with Gasteiger partial charge in [-0.1, -0.05) is 12.1 Å². The fraction of sp³-hybridized carbons (Fsp3) is 0.500. The summed E-state index contributed by atoms with van der Waals surface area (Å²) in [6.45, 7) is 0.137. The maximum Gasteiger partial charge on any atom is 0.252 e. The highest BCUT2D eigenvalue weighted by molar-refractivity contribution is 8.00. The van der Waals surface area contributed by atoms with Crippen LogP contribution in [0.1, 0.15) is 54.6 Å². The first kappa shape index (κ1) is 23.0. The van der Waals surface area contributed by atoms with Crippen LogP contribution in [0.25, 0.3) is 0 Å². The van der Waals surface area contributed by atoms with Gasteiger partial charge in [0.25, 0.3) is 5.91 Å². The fourth-order valence-corrected chi connectivity index (χ4v) is 7.29. The smallest absolute Gasteiger partial charge is 0.252 e. The number of rotatable bonds is 9. The predicted molar refractivity (Wildman–Crippen MR) is 129 cm³/mol. The summed E-state index contributed by atoms with van der Waals surface area (Å²) in [5, 5.41) is 8.76. The van der Waals surface area contributed by atoms with Gasteiger partial charge in [-0.25, -0.2) is 0 Å². The van der Waals surface area contributed by atoms with Crippen molar-refractivity contribution in [3.63, 3.8) is 0 Å². The lowest BCUT2D eigenvalue weighted by atomic mass is 9.53. The zero-order valence-electron chi connectivity index (χ0n) is 19.2. The van der Waals surface area contributed by atoms with Gasteiger partial charge in [-0.3, -0.25) is 14.4 Å². The van der Waals surface area contributed by atoms with Gasteiger partial charge >= 0.3 is 0 Å². The van der Waals surface area contributed by atoms with Gasteiger partial charge in [0.2, 0.25) is 11.8 Å². The third-order valence-corrected chi connectivity index (χ3v) is 8.46. The number of hydrogen-bond acceptors (Lipinski definition) is 5. The van der Waals surface area contributed by atoms with Crippen molar-refractivity contribution in [2.45, 2.75) is 55.5 Å². The highest BCUT2D eigenvalue weighted by Crippen LogP contribution is 2.55. The Balaban J connectivity index is 1.11. The van der Waals surface area contributed by atoms with Crippen LogP contribution in [0, 0.1) is 17.8 Å². The lowest BCUT2D eigenvalue weighted by molar-refractivity contribution is -0.124. The first-order chi connectivity index (χ1) is 16.5. The molecule has 1 aromatic carbocycles. The molecule has 1 heterocycles. The average Bonchev–Trinajstić information content (AvgIpc) is 3.32. The number of benzene rings is 1. The number of thioether (sulfide) groups is 1. The summed E-state index contributed by atoms with van der Waals surface area (Å²) in [6.07, 6.45) is 8.93. The van der Waals surface area contributed by atoms with Crippen LogP contribution in [0.3, 0.4) is 0 Å². The molecule has 4 bridgehead atoms. The van der Waals surface area contributed by atoms with E-state index < -0.39 is 0 Å². The molecule has 4 fully saturated rings. The molecule has 0 atom stereocenters. The molecule has 2 aromatic rings. The Labute approximate surface area is 203 Å². The van der Waals surface area contributed by atoms with Crippen molar-refractivity contribution in [1.82, 2.24) is 16.0 Å². The molecular formula is C26H31N3O4S. The zero-order valence-corrected chi connectivity index (χ0v) is 20.0. The van der Waals surface area contributed by atoms with E-state index in [4.69, 9.17) is 4.42 Å². The Morgan fingerprint density at radius 1 is 0.912 bits per heavy atom. The van der Waals surface area contributed by atoms with Crippen LogP contribution in [0.4, 0.5) is 0 Å². The number of furan rings is 1. The molecule has 6 rings (SSSR count). The van der Waals surface area contributed by atoms with Crippen LogP contribution in [-0.2, 0) is 16.1 Å². The molecule has 0 spiro atoms. The standard InChI is InChI=1S/C26H31N3O4S/c30-23(27-14-20-4-3-7-33-20)15-28-25(32)21-5-1-2-6-22(21)34-16-24(31)29-26-11-17-8-18(12-26)10-19(9-17)13-26/h1-7,17-19H,8-16H2,(H,27,30)(H,28,32)(H,29,31). The van der Waals surface area contributed by atoms with E-state index in [9.17, 15) is 14.4 Å². The number of nitrogens with one attached hydrogen (secondary N) is 3. The summed E-state index contributed by atoms with van der Waals surface area (Å²) in [7, 11) is 0. The van der Waals surface area contributed by atoms with Crippen LogP contribution < -0.4 is 16.0 Å². The molecule has 180 valence electrons. The van der Waals surface area contributed by atoms with Crippen molar-refractivity contribution in [2.75, 3.05) is 12.3 Å². The van der Waals surface area contributed by atoms with E-state index in [2.05, 4.69) is 16.0 Å². The third kappa shape index (κ3) is 5.32. The molecule has 4 aliphatic carbocycles. The van der Waals surface area contributed by atoms with Gasteiger partial charge in [0, 0.05) is 10.4 Å². The molecule has 0 saturated heterocycles. The highest BCUT2D eigenvalue weighted by atomic mass is 32.2. The minimum Gasteiger partial charge on any atom is -0.467 e. The molecule has 8 heteroatoms. The summed E-state index contributed by atoms with van der Waals surface area (Å²) < 4.78 is 5.18. The average molecular weight is 482 g/mol. The molecule has 1 aromatic heterocycles. The summed E-state index contributed by atoms with van der Waals surface area (Å²) in [5.41, 5.74) is 0.459. The van der Waals surface area contributed by atoms with E-state index in [0.717, 1.165) is 41.9 Å². The van der Waals surface area contributed by atoms with Crippen molar-refractivity contribution >= 4 is 29.5 Å². The first-order valence-corrected chi connectivity index (χ1v) is 13.1. The zero-order chi connectivity index (χ0) is 23.5. The quantitative estimate of drug-likeness (QED) is 0.476. The molecule has 7 nitrogen and oxygen atoms in total. The maximum absolute atomic E-state index is 12.9. The van der Waals surface area contributed by atoms with Gasteiger partial charge in [0.15, 0.2) is 0 Å². The number of carbonyl (C=O) groups is 3. The Morgan fingerprint density at radius 3 is 2.29 bits per heavy atom.